The third-order valence-electron chi connectivity index (χ3n) is 2.79. The Kier molecular flexibility index (Phi) is 4.24. The smallest absolute Gasteiger partial charge is 0.325 e. The number of fused-ring (bicyclic) bond motifs is 1. The van der Waals surface area contributed by atoms with Crippen molar-refractivity contribution in [2.75, 3.05) is 13.2 Å². The molecule has 0 bridgehead atoms. The predicted molar refractivity (Wildman–Crippen MR) is 74.7 cm³/mol. The Labute approximate surface area is 120 Å². The minimum atomic E-state index is -0.470. The Morgan fingerprint density at radius 3 is 2.90 bits per heavy atom. The van der Waals surface area contributed by atoms with Crippen LogP contribution >= 0.6 is 11.6 Å². The van der Waals surface area contributed by atoms with Gasteiger partial charge in [-0.1, -0.05) is 0 Å². The second kappa shape index (κ2) is 5.92. The third kappa shape index (κ3) is 2.91. The molecule has 0 unspecified atom stereocenters. The monoisotopic (exact) mass is 295 g/mol. The fourth-order valence-corrected chi connectivity index (χ4v) is 1.96. The van der Waals surface area contributed by atoms with E-state index in [0.29, 0.717) is 16.4 Å². The number of rotatable bonds is 4. The van der Waals surface area contributed by atoms with Gasteiger partial charge in [0.2, 0.25) is 5.28 Å². The molecule has 1 amide bonds. The summed E-state index contributed by atoms with van der Waals surface area (Å²) in [5, 5.41) is 2.84. The van der Waals surface area contributed by atoms with Crippen molar-refractivity contribution in [1.82, 2.24) is 14.9 Å². The predicted octanol–water partition coefficient (Wildman–Crippen LogP) is 1.52. The summed E-state index contributed by atoms with van der Waals surface area (Å²) < 4.78 is 6.45. The number of esters is 1. The first-order chi connectivity index (χ1) is 9.52. The first kappa shape index (κ1) is 14.3. The number of carbonyl (C=O) groups excluding carboxylic acids is 2. The van der Waals surface area contributed by atoms with Gasteiger partial charge in [0.25, 0.3) is 5.91 Å². The number of amides is 1. The molecule has 0 aliphatic heterocycles. The van der Waals surface area contributed by atoms with Crippen molar-refractivity contribution in [1.29, 1.82) is 0 Å². The lowest BCUT2D eigenvalue weighted by atomic mass is 10.2. The number of nitrogens with zero attached hydrogens (tertiary/aromatic N) is 2. The Morgan fingerprint density at radius 2 is 2.20 bits per heavy atom. The van der Waals surface area contributed by atoms with Gasteiger partial charge in [-0.2, -0.15) is 0 Å². The van der Waals surface area contributed by atoms with Crippen LogP contribution in [0.2, 0.25) is 5.28 Å². The number of nitrogens with one attached hydrogen (secondary N) is 1. The zero-order valence-electron chi connectivity index (χ0n) is 11.1. The van der Waals surface area contributed by atoms with Crippen LogP contribution in [0, 0.1) is 0 Å². The van der Waals surface area contributed by atoms with Gasteiger partial charge in [0, 0.05) is 12.6 Å². The second-order valence-electron chi connectivity index (χ2n) is 4.13. The van der Waals surface area contributed by atoms with Gasteiger partial charge in [0.1, 0.15) is 6.54 Å². The van der Waals surface area contributed by atoms with Crippen molar-refractivity contribution in [3.05, 3.63) is 29.0 Å². The largest absolute Gasteiger partial charge is 0.465 e. The van der Waals surface area contributed by atoms with E-state index in [1.165, 1.54) is 0 Å². The molecule has 20 heavy (non-hydrogen) atoms. The summed E-state index contributed by atoms with van der Waals surface area (Å²) in [5.74, 6) is -0.829. The Hall–Kier alpha value is -2.08. The van der Waals surface area contributed by atoms with Gasteiger partial charge in [-0.05, 0) is 36.7 Å². The van der Waals surface area contributed by atoms with Crippen LogP contribution in [0.4, 0.5) is 0 Å². The molecular formula is C13H14ClN3O3. The summed E-state index contributed by atoms with van der Waals surface area (Å²) in [4.78, 5) is 27.2. The fraction of sp³-hybridized carbons (Fsp3) is 0.308. The van der Waals surface area contributed by atoms with E-state index in [2.05, 4.69) is 10.3 Å². The zero-order chi connectivity index (χ0) is 14.7. The molecule has 0 spiro atoms. The van der Waals surface area contributed by atoms with Gasteiger partial charge < -0.3 is 14.6 Å². The van der Waals surface area contributed by atoms with Crippen LogP contribution in [0.5, 0.6) is 0 Å². The van der Waals surface area contributed by atoms with E-state index in [4.69, 9.17) is 16.3 Å². The average molecular weight is 296 g/mol. The van der Waals surface area contributed by atoms with E-state index < -0.39 is 5.97 Å². The Balaban J connectivity index is 2.12. The van der Waals surface area contributed by atoms with Gasteiger partial charge >= 0.3 is 5.97 Å². The lowest BCUT2D eigenvalue weighted by Crippen LogP contribution is -2.30. The normalized spacial score (nSPS) is 10.6. The second-order valence-corrected chi connectivity index (χ2v) is 4.47. The van der Waals surface area contributed by atoms with Gasteiger partial charge in [0.05, 0.1) is 17.6 Å². The van der Waals surface area contributed by atoms with Crippen molar-refractivity contribution < 1.29 is 14.3 Å². The van der Waals surface area contributed by atoms with E-state index in [9.17, 15) is 9.59 Å². The molecule has 1 N–H and O–H groups in total. The number of hydrogen-bond acceptors (Lipinski definition) is 4. The third-order valence-corrected chi connectivity index (χ3v) is 3.13. The summed E-state index contributed by atoms with van der Waals surface area (Å²) in [5.41, 5.74) is 1.87. The summed E-state index contributed by atoms with van der Waals surface area (Å²) in [7, 11) is 1.79. The van der Waals surface area contributed by atoms with Crippen molar-refractivity contribution in [3.8, 4) is 0 Å². The van der Waals surface area contributed by atoms with E-state index in [1.54, 1.807) is 36.7 Å². The van der Waals surface area contributed by atoms with Crippen LogP contribution in [-0.4, -0.2) is 34.6 Å². The van der Waals surface area contributed by atoms with E-state index >= 15 is 0 Å². The summed E-state index contributed by atoms with van der Waals surface area (Å²) >= 11 is 5.91. The molecule has 2 rings (SSSR count). The summed E-state index contributed by atoms with van der Waals surface area (Å²) in [6, 6.07) is 5.04. The SMILES string of the molecule is CCOC(=O)CNC(=O)c1ccc2c(c1)nc(Cl)n2C. The van der Waals surface area contributed by atoms with Crippen LogP contribution in [-0.2, 0) is 16.6 Å². The molecular weight excluding hydrogens is 282 g/mol. The van der Waals surface area contributed by atoms with E-state index in [-0.39, 0.29) is 19.1 Å². The quantitative estimate of drug-likeness (QED) is 0.868. The molecule has 0 aliphatic carbocycles. The van der Waals surface area contributed by atoms with Gasteiger partial charge in [-0.15, -0.1) is 0 Å². The lowest BCUT2D eigenvalue weighted by Gasteiger charge is -2.05. The van der Waals surface area contributed by atoms with Gasteiger partial charge in [0.15, 0.2) is 0 Å². The number of aryl methyl sites for hydroxylation is 1. The Morgan fingerprint density at radius 1 is 1.45 bits per heavy atom. The van der Waals surface area contributed by atoms with Crippen molar-refractivity contribution >= 4 is 34.5 Å². The topological polar surface area (TPSA) is 73.2 Å². The molecule has 6 nitrogen and oxygen atoms in total. The number of hydrogen-bond donors (Lipinski definition) is 1. The number of imidazole rings is 1. The standard InChI is InChI=1S/C13H14ClN3O3/c1-3-20-11(18)7-15-12(19)8-4-5-10-9(6-8)16-13(14)17(10)2/h4-6H,3,7H2,1-2H3,(H,15,19). The molecule has 2 aromatic rings. The van der Waals surface area contributed by atoms with Crippen LogP contribution in [0.15, 0.2) is 18.2 Å². The number of aromatic nitrogens is 2. The molecule has 7 heteroatoms. The molecule has 1 aromatic carbocycles. The number of halogens is 1. The summed E-state index contributed by atoms with van der Waals surface area (Å²) in [6.45, 7) is 1.83. The van der Waals surface area contributed by atoms with E-state index in [1.807, 2.05) is 0 Å². The van der Waals surface area contributed by atoms with Gasteiger partial charge in [-0.25, -0.2) is 4.98 Å². The van der Waals surface area contributed by atoms with Crippen LogP contribution in [0.25, 0.3) is 11.0 Å². The van der Waals surface area contributed by atoms with Crippen LogP contribution < -0.4 is 5.32 Å². The minimum Gasteiger partial charge on any atom is -0.465 e. The first-order valence-corrected chi connectivity index (χ1v) is 6.46. The number of carbonyl (C=O) groups is 2. The molecule has 0 saturated heterocycles. The van der Waals surface area contributed by atoms with E-state index in [0.717, 1.165) is 5.52 Å². The van der Waals surface area contributed by atoms with Crippen molar-refractivity contribution in [2.24, 2.45) is 7.05 Å². The number of ether oxygens (including phenoxy) is 1. The molecule has 106 valence electrons. The minimum absolute atomic E-state index is 0.159. The highest BCUT2D eigenvalue weighted by atomic mass is 35.5. The Bertz CT molecular complexity index is 666. The molecule has 1 heterocycles. The first-order valence-electron chi connectivity index (χ1n) is 6.08. The molecule has 0 saturated carbocycles. The summed E-state index contributed by atoms with van der Waals surface area (Å²) in [6.07, 6.45) is 0. The molecule has 0 aliphatic rings. The highest BCUT2D eigenvalue weighted by molar-refractivity contribution is 6.29. The zero-order valence-corrected chi connectivity index (χ0v) is 11.9. The maximum absolute atomic E-state index is 11.9. The number of benzene rings is 1. The molecule has 1 aromatic heterocycles. The molecule has 0 atom stereocenters. The van der Waals surface area contributed by atoms with Crippen molar-refractivity contribution in [2.45, 2.75) is 6.92 Å². The van der Waals surface area contributed by atoms with Crippen molar-refractivity contribution in [3.63, 3.8) is 0 Å². The highest BCUT2D eigenvalue weighted by Crippen LogP contribution is 2.19. The van der Waals surface area contributed by atoms with Crippen LogP contribution in [0.1, 0.15) is 17.3 Å². The molecule has 0 fully saturated rings. The fourth-order valence-electron chi connectivity index (χ4n) is 1.78. The highest BCUT2D eigenvalue weighted by Gasteiger charge is 2.11. The maximum Gasteiger partial charge on any atom is 0.325 e. The molecule has 0 radical (unpaired) electrons. The lowest BCUT2D eigenvalue weighted by molar-refractivity contribution is -0.141. The average Bonchev–Trinajstić information content (AvgIpc) is 2.71. The van der Waals surface area contributed by atoms with Gasteiger partial charge in [-0.3, -0.25) is 9.59 Å². The maximum atomic E-state index is 11.9. The van der Waals surface area contributed by atoms with Crippen LogP contribution in [0.3, 0.4) is 0 Å².